The zero-order chi connectivity index (χ0) is 20.0. The molecule has 0 spiro atoms. The standard InChI is InChI=1S/C22H21N5O2/c1-26-18-10-5-4-9-16(18)23-21(26)19-11-6-12-27(19)20(28)13-17-14-7-2-3-8-15(14)22(29)25-24-17/h2-5,7-10,19H,6,11-13H2,1H3,(H,25,29). The van der Waals surface area contributed by atoms with Gasteiger partial charge in [-0.15, -0.1) is 0 Å². The fourth-order valence-electron chi connectivity index (χ4n) is 4.35. The summed E-state index contributed by atoms with van der Waals surface area (Å²) in [5, 5.41) is 7.96. The molecule has 29 heavy (non-hydrogen) atoms. The number of carbonyl (C=O) groups excluding carboxylic acids is 1. The minimum Gasteiger partial charge on any atom is -0.332 e. The Labute approximate surface area is 167 Å². The summed E-state index contributed by atoms with van der Waals surface area (Å²) in [4.78, 5) is 31.9. The number of amides is 1. The Hall–Kier alpha value is -3.48. The number of rotatable bonds is 3. The molecule has 1 N–H and O–H groups in total. The van der Waals surface area contributed by atoms with E-state index in [0.29, 0.717) is 17.6 Å². The van der Waals surface area contributed by atoms with Gasteiger partial charge in [0.2, 0.25) is 5.91 Å². The average molecular weight is 387 g/mol. The van der Waals surface area contributed by atoms with E-state index in [9.17, 15) is 9.59 Å². The number of nitrogens with zero attached hydrogens (tertiary/aromatic N) is 4. The van der Waals surface area contributed by atoms with Gasteiger partial charge in [-0.05, 0) is 31.0 Å². The molecule has 1 saturated heterocycles. The summed E-state index contributed by atoms with van der Waals surface area (Å²) in [6.45, 7) is 0.702. The lowest BCUT2D eigenvalue weighted by molar-refractivity contribution is -0.131. The molecule has 0 radical (unpaired) electrons. The van der Waals surface area contributed by atoms with Gasteiger partial charge in [-0.3, -0.25) is 9.59 Å². The molecule has 7 heteroatoms. The molecule has 2 aromatic carbocycles. The van der Waals surface area contributed by atoms with Gasteiger partial charge in [-0.1, -0.05) is 30.3 Å². The number of imidazole rings is 1. The minimum atomic E-state index is -0.240. The molecule has 1 unspecified atom stereocenters. The zero-order valence-corrected chi connectivity index (χ0v) is 16.1. The molecule has 0 aliphatic carbocycles. The summed E-state index contributed by atoms with van der Waals surface area (Å²) < 4.78 is 2.08. The third kappa shape index (κ3) is 2.90. The van der Waals surface area contributed by atoms with E-state index < -0.39 is 0 Å². The van der Waals surface area contributed by atoms with E-state index in [1.165, 1.54) is 0 Å². The second-order valence-electron chi connectivity index (χ2n) is 7.48. The zero-order valence-electron chi connectivity index (χ0n) is 16.1. The highest BCUT2D eigenvalue weighted by Crippen LogP contribution is 2.33. The maximum atomic E-state index is 13.2. The Kier molecular flexibility index (Phi) is 4.16. The van der Waals surface area contributed by atoms with E-state index in [-0.39, 0.29) is 23.9 Å². The first-order valence-electron chi connectivity index (χ1n) is 9.80. The van der Waals surface area contributed by atoms with E-state index >= 15 is 0 Å². The number of aromatic amines is 1. The van der Waals surface area contributed by atoms with Crippen molar-refractivity contribution in [1.29, 1.82) is 0 Å². The summed E-state index contributed by atoms with van der Waals surface area (Å²) in [5.41, 5.74) is 2.36. The Morgan fingerprint density at radius 3 is 2.72 bits per heavy atom. The third-order valence-electron chi connectivity index (χ3n) is 5.79. The molecule has 1 aliphatic rings. The fourth-order valence-corrected chi connectivity index (χ4v) is 4.35. The van der Waals surface area contributed by atoms with E-state index in [0.717, 1.165) is 35.1 Å². The van der Waals surface area contributed by atoms with Crippen LogP contribution >= 0.6 is 0 Å². The molecule has 2 aromatic heterocycles. The van der Waals surface area contributed by atoms with Gasteiger partial charge < -0.3 is 9.47 Å². The molecule has 1 fully saturated rings. The van der Waals surface area contributed by atoms with Gasteiger partial charge in [0.15, 0.2) is 0 Å². The van der Waals surface area contributed by atoms with Crippen molar-refractivity contribution in [2.75, 3.05) is 6.54 Å². The van der Waals surface area contributed by atoms with Crippen LogP contribution in [0.5, 0.6) is 0 Å². The number of hydrogen-bond acceptors (Lipinski definition) is 4. The predicted molar refractivity (Wildman–Crippen MR) is 110 cm³/mol. The number of likely N-dealkylation sites (tertiary alicyclic amines) is 1. The molecule has 0 bridgehead atoms. The Bertz CT molecular complexity index is 1290. The first kappa shape index (κ1) is 17.6. The maximum absolute atomic E-state index is 13.2. The maximum Gasteiger partial charge on any atom is 0.272 e. The molecule has 0 saturated carbocycles. The number of para-hydroxylation sites is 2. The Balaban J connectivity index is 1.47. The van der Waals surface area contributed by atoms with Crippen molar-refractivity contribution < 1.29 is 4.79 Å². The SMILES string of the molecule is Cn1c(C2CCCN2C(=O)Cc2n[nH]c(=O)c3ccccc23)nc2ccccc21. The van der Waals surface area contributed by atoms with Crippen molar-refractivity contribution in [3.8, 4) is 0 Å². The van der Waals surface area contributed by atoms with Crippen molar-refractivity contribution in [2.45, 2.75) is 25.3 Å². The van der Waals surface area contributed by atoms with Gasteiger partial charge in [0.25, 0.3) is 5.56 Å². The number of carbonyl (C=O) groups is 1. The van der Waals surface area contributed by atoms with Crippen molar-refractivity contribution >= 4 is 27.7 Å². The van der Waals surface area contributed by atoms with Gasteiger partial charge in [0.1, 0.15) is 5.82 Å². The molecule has 5 rings (SSSR count). The minimum absolute atomic E-state index is 0.00394. The van der Waals surface area contributed by atoms with Crippen molar-refractivity contribution in [2.24, 2.45) is 7.05 Å². The molecule has 1 atom stereocenters. The van der Waals surface area contributed by atoms with Crippen LogP contribution in [-0.2, 0) is 18.3 Å². The second-order valence-corrected chi connectivity index (χ2v) is 7.48. The van der Waals surface area contributed by atoms with E-state index in [2.05, 4.69) is 14.8 Å². The molecular formula is C22H21N5O2. The normalized spacial score (nSPS) is 16.7. The smallest absolute Gasteiger partial charge is 0.272 e. The molecule has 1 aliphatic heterocycles. The first-order valence-corrected chi connectivity index (χ1v) is 9.80. The van der Waals surface area contributed by atoms with Crippen LogP contribution in [0.1, 0.15) is 30.4 Å². The van der Waals surface area contributed by atoms with Crippen molar-refractivity contribution in [1.82, 2.24) is 24.6 Å². The van der Waals surface area contributed by atoms with Gasteiger partial charge in [0, 0.05) is 19.0 Å². The number of aryl methyl sites for hydroxylation is 1. The number of aromatic nitrogens is 4. The van der Waals surface area contributed by atoms with Crippen LogP contribution in [0.3, 0.4) is 0 Å². The van der Waals surface area contributed by atoms with E-state index in [4.69, 9.17) is 4.98 Å². The molecule has 1 amide bonds. The van der Waals surface area contributed by atoms with E-state index in [1.54, 1.807) is 6.07 Å². The number of hydrogen-bond donors (Lipinski definition) is 1. The highest BCUT2D eigenvalue weighted by Gasteiger charge is 2.33. The van der Waals surface area contributed by atoms with Crippen molar-refractivity contribution in [3.05, 3.63) is 70.4 Å². The topological polar surface area (TPSA) is 83.9 Å². The van der Waals surface area contributed by atoms with Crippen LogP contribution in [0.15, 0.2) is 53.3 Å². The summed E-state index contributed by atoms with van der Waals surface area (Å²) in [5.74, 6) is 0.917. The summed E-state index contributed by atoms with van der Waals surface area (Å²) in [6.07, 6.45) is 1.99. The van der Waals surface area contributed by atoms with Crippen LogP contribution in [0.4, 0.5) is 0 Å². The lowest BCUT2D eigenvalue weighted by Crippen LogP contribution is -2.33. The lowest BCUT2D eigenvalue weighted by atomic mass is 10.1. The number of H-pyrrole nitrogens is 1. The predicted octanol–water partition coefficient (Wildman–Crippen LogP) is 2.72. The van der Waals surface area contributed by atoms with Gasteiger partial charge in [-0.2, -0.15) is 5.10 Å². The summed E-state index contributed by atoms with van der Waals surface area (Å²) in [7, 11) is 2.00. The second kappa shape index (κ2) is 6.84. The molecule has 3 heterocycles. The Morgan fingerprint density at radius 2 is 1.90 bits per heavy atom. The molecule has 146 valence electrons. The lowest BCUT2D eigenvalue weighted by Gasteiger charge is -2.24. The van der Waals surface area contributed by atoms with Crippen LogP contribution in [0.2, 0.25) is 0 Å². The van der Waals surface area contributed by atoms with Crippen LogP contribution < -0.4 is 5.56 Å². The van der Waals surface area contributed by atoms with Crippen LogP contribution in [0, 0.1) is 0 Å². The largest absolute Gasteiger partial charge is 0.332 e. The third-order valence-corrected chi connectivity index (χ3v) is 5.79. The van der Waals surface area contributed by atoms with Crippen LogP contribution in [-0.4, -0.2) is 37.1 Å². The molecule has 7 nitrogen and oxygen atoms in total. The monoisotopic (exact) mass is 387 g/mol. The fraction of sp³-hybridized carbons (Fsp3) is 0.273. The van der Waals surface area contributed by atoms with Gasteiger partial charge in [0.05, 0.1) is 34.6 Å². The summed E-state index contributed by atoms with van der Waals surface area (Å²) in [6, 6.07) is 15.2. The number of fused-ring (bicyclic) bond motifs is 2. The van der Waals surface area contributed by atoms with Crippen molar-refractivity contribution in [3.63, 3.8) is 0 Å². The number of nitrogens with one attached hydrogen (secondary N) is 1. The average Bonchev–Trinajstić information content (AvgIpc) is 3.35. The molecular weight excluding hydrogens is 366 g/mol. The first-order chi connectivity index (χ1) is 14.1. The Morgan fingerprint density at radius 1 is 1.14 bits per heavy atom. The van der Waals surface area contributed by atoms with Gasteiger partial charge >= 0.3 is 0 Å². The highest BCUT2D eigenvalue weighted by molar-refractivity contribution is 5.88. The highest BCUT2D eigenvalue weighted by atomic mass is 16.2. The summed E-state index contributed by atoms with van der Waals surface area (Å²) >= 11 is 0. The quantitative estimate of drug-likeness (QED) is 0.586. The molecule has 4 aromatic rings. The van der Waals surface area contributed by atoms with Crippen LogP contribution in [0.25, 0.3) is 21.8 Å². The van der Waals surface area contributed by atoms with E-state index in [1.807, 2.05) is 54.4 Å². The number of benzene rings is 2. The van der Waals surface area contributed by atoms with Gasteiger partial charge in [-0.25, -0.2) is 10.1 Å².